The molecule has 66 valence electrons. The Kier molecular flexibility index (Phi) is 2.24. The highest BCUT2D eigenvalue weighted by atomic mass is 14.2. The first-order valence-electron chi connectivity index (χ1n) is 4.74. The summed E-state index contributed by atoms with van der Waals surface area (Å²) < 4.78 is 0. The number of rotatable bonds is 0. The van der Waals surface area contributed by atoms with Gasteiger partial charge in [-0.25, -0.2) is 0 Å². The van der Waals surface area contributed by atoms with E-state index >= 15 is 0 Å². The van der Waals surface area contributed by atoms with E-state index in [4.69, 9.17) is 0 Å². The molecule has 0 aromatic carbocycles. The van der Waals surface area contributed by atoms with Crippen LogP contribution in [0, 0.1) is 0 Å². The Balaban J connectivity index is 3.18. The zero-order chi connectivity index (χ0) is 9.52. The lowest BCUT2D eigenvalue weighted by atomic mass is 9.32. The highest BCUT2D eigenvalue weighted by Gasteiger charge is 2.33. The summed E-state index contributed by atoms with van der Waals surface area (Å²) in [5, 5.41) is 0.351. The summed E-state index contributed by atoms with van der Waals surface area (Å²) >= 11 is 0. The Morgan fingerprint density at radius 1 is 1.17 bits per heavy atom. The maximum atomic E-state index is 2.39. The van der Waals surface area contributed by atoms with E-state index in [2.05, 4.69) is 47.4 Å². The summed E-state index contributed by atoms with van der Waals surface area (Å²) in [6.45, 7) is 14.3. The lowest BCUT2D eigenvalue weighted by Crippen LogP contribution is -2.28. The van der Waals surface area contributed by atoms with E-state index in [1.807, 2.05) is 0 Å². The monoisotopic (exact) mass is 162 g/mol. The van der Waals surface area contributed by atoms with Crippen molar-refractivity contribution in [3.8, 4) is 0 Å². The summed E-state index contributed by atoms with van der Waals surface area (Å²) in [6, 6.07) is 0. The zero-order valence-corrected chi connectivity index (χ0v) is 9.15. The van der Waals surface area contributed by atoms with Gasteiger partial charge in [0, 0.05) is 0 Å². The molecule has 1 rings (SSSR count). The number of hydrogen-bond acceptors (Lipinski definition) is 0. The summed E-state index contributed by atoms with van der Waals surface area (Å²) in [7, 11) is 0. The Morgan fingerprint density at radius 2 is 1.67 bits per heavy atom. The van der Waals surface area contributed by atoms with Gasteiger partial charge in [0.15, 0.2) is 6.71 Å². The van der Waals surface area contributed by atoms with Gasteiger partial charge in [0.2, 0.25) is 0 Å². The first-order chi connectivity index (χ1) is 5.37. The first kappa shape index (κ1) is 9.63. The Bertz CT molecular complexity index is 256. The molecule has 0 nitrogen and oxygen atoms in total. The van der Waals surface area contributed by atoms with Gasteiger partial charge in [-0.1, -0.05) is 37.4 Å². The maximum absolute atomic E-state index is 2.39. The smallest absolute Gasteiger partial charge is 0.111 e. The molecule has 0 amide bonds. The molecule has 0 N–H and O–H groups in total. The highest BCUT2D eigenvalue weighted by molar-refractivity contribution is 6.67. The Labute approximate surface area is 76.8 Å². The molecule has 0 spiro atoms. The SMILES string of the molecule is CB1C=C(C)C(C)=C(C)C1(C)C. The van der Waals surface area contributed by atoms with Gasteiger partial charge >= 0.3 is 0 Å². The average molecular weight is 162 g/mol. The molecule has 0 unspecified atom stereocenters. The van der Waals surface area contributed by atoms with Crippen molar-refractivity contribution >= 4 is 6.71 Å². The van der Waals surface area contributed by atoms with E-state index in [1.165, 1.54) is 11.1 Å². The van der Waals surface area contributed by atoms with Crippen molar-refractivity contribution in [2.45, 2.75) is 46.8 Å². The molecule has 0 bridgehead atoms. The van der Waals surface area contributed by atoms with Gasteiger partial charge in [0.1, 0.15) is 0 Å². The Morgan fingerprint density at radius 3 is 2.17 bits per heavy atom. The topological polar surface area (TPSA) is 0 Å². The van der Waals surface area contributed by atoms with Gasteiger partial charge in [0.25, 0.3) is 0 Å². The number of allylic oxidation sites excluding steroid dienone is 3. The quantitative estimate of drug-likeness (QED) is 0.476. The fourth-order valence-corrected chi connectivity index (χ4v) is 1.83. The minimum atomic E-state index is 0.351. The standard InChI is InChI=1S/C11H19B/c1-8-7-12(6)11(4,5)10(3)9(8)2/h7H,1-6H3. The van der Waals surface area contributed by atoms with Crippen LogP contribution in [0.15, 0.2) is 22.7 Å². The van der Waals surface area contributed by atoms with Crippen molar-refractivity contribution in [2.75, 3.05) is 0 Å². The van der Waals surface area contributed by atoms with E-state index < -0.39 is 0 Å². The predicted molar refractivity (Wildman–Crippen MR) is 57.8 cm³/mol. The van der Waals surface area contributed by atoms with Crippen LogP contribution in [-0.2, 0) is 0 Å². The fourth-order valence-electron chi connectivity index (χ4n) is 1.83. The van der Waals surface area contributed by atoms with Crippen LogP contribution in [0.2, 0.25) is 12.1 Å². The van der Waals surface area contributed by atoms with Gasteiger partial charge in [-0.2, -0.15) is 0 Å². The third-order valence-electron chi connectivity index (χ3n) is 3.76. The van der Waals surface area contributed by atoms with Gasteiger partial charge in [-0.05, 0) is 26.1 Å². The molecule has 0 aliphatic carbocycles. The van der Waals surface area contributed by atoms with Crippen LogP contribution in [0.3, 0.4) is 0 Å². The van der Waals surface area contributed by atoms with Crippen LogP contribution in [0.1, 0.15) is 34.6 Å². The molecule has 0 radical (unpaired) electrons. The van der Waals surface area contributed by atoms with Crippen molar-refractivity contribution in [1.29, 1.82) is 0 Å². The van der Waals surface area contributed by atoms with Gasteiger partial charge in [-0.15, -0.1) is 5.98 Å². The second kappa shape index (κ2) is 2.79. The van der Waals surface area contributed by atoms with E-state index in [9.17, 15) is 0 Å². The summed E-state index contributed by atoms with van der Waals surface area (Å²) in [5.41, 5.74) is 4.49. The molecular formula is C11H19B. The molecule has 0 fully saturated rings. The second-order valence-corrected chi connectivity index (χ2v) is 4.61. The third-order valence-corrected chi connectivity index (χ3v) is 3.76. The molecule has 0 aromatic rings. The second-order valence-electron chi connectivity index (χ2n) is 4.61. The predicted octanol–water partition coefficient (Wildman–Crippen LogP) is 3.73. The van der Waals surface area contributed by atoms with Crippen molar-refractivity contribution in [2.24, 2.45) is 0 Å². The summed E-state index contributed by atoms with van der Waals surface area (Å²) in [4.78, 5) is 0. The third kappa shape index (κ3) is 1.26. The molecule has 1 aliphatic rings. The molecule has 0 atom stereocenters. The fraction of sp³-hybridized carbons (Fsp3) is 0.636. The van der Waals surface area contributed by atoms with Gasteiger partial charge < -0.3 is 0 Å². The van der Waals surface area contributed by atoms with E-state index in [0.717, 1.165) is 0 Å². The van der Waals surface area contributed by atoms with Crippen molar-refractivity contribution in [1.82, 2.24) is 0 Å². The molecular weight excluding hydrogens is 143 g/mol. The largest absolute Gasteiger partial charge is 0.173 e. The van der Waals surface area contributed by atoms with Gasteiger partial charge in [0.05, 0.1) is 0 Å². The van der Waals surface area contributed by atoms with Crippen LogP contribution in [-0.4, -0.2) is 6.71 Å². The van der Waals surface area contributed by atoms with Crippen molar-refractivity contribution in [3.63, 3.8) is 0 Å². The lowest BCUT2D eigenvalue weighted by Gasteiger charge is -2.35. The lowest BCUT2D eigenvalue weighted by molar-refractivity contribution is 0.758. The number of hydrogen-bond donors (Lipinski definition) is 0. The Hall–Kier alpha value is -0.455. The molecule has 1 aliphatic heterocycles. The van der Waals surface area contributed by atoms with Crippen molar-refractivity contribution in [3.05, 3.63) is 22.7 Å². The molecule has 0 aromatic heterocycles. The van der Waals surface area contributed by atoms with Crippen LogP contribution in [0.25, 0.3) is 0 Å². The zero-order valence-electron chi connectivity index (χ0n) is 9.15. The van der Waals surface area contributed by atoms with Crippen molar-refractivity contribution < 1.29 is 0 Å². The average Bonchev–Trinajstić information content (AvgIpc) is 1.99. The molecule has 12 heavy (non-hydrogen) atoms. The van der Waals surface area contributed by atoms with Crippen LogP contribution >= 0.6 is 0 Å². The molecule has 0 saturated carbocycles. The van der Waals surface area contributed by atoms with Crippen LogP contribution < -0.4 is 0 Å². The normalized spacial score (nSPS) is 22.8. The minimum absolute atomic E-state index is 0.351. The highest BCUT2D eigenvalue weighted by Crippen LogP contribution is 2.44. The van der Waals surface area contributed by atoms with Crippen LogP contribution in [0.4, 0.5) is 0 Å². The molecule has 1 heteroatoms. The molecule has 0 saturated heterocycles. The minimum Gasteiger partial charge on any atom is -0.111 e. The summed E-state index contributed by atoms with van der Waals surface area (Å²) in [5.74, 6) is 2.39. The van der Waals surface area contributed by atoms with E-state index in [-0.39, 0.29) is 0 Å². The van der Waals surface area contributed by atoms with Gasteiger partial charge in [-0.3, -0.25) is 0 Å². The maximum Gasteiger partial charge on any atom is 0.173 e. The van der Waals surface area contributed by atoms with E-state index in [0.29, 0.717) is 12.0 Å². The first-order valence-corrected chi connectivity index (χ1v) is 4.74. The summed E-state index contributed by atoms with van der Waals surface area (Å²) in [6.07, 6.45) is 0. The van der Waals surface area contributed by atoms with Crippen LogP contribution in [0.5, 0.6) is 0 Å². The van der Waals surface area contributed by atoms with E-state index in [1.54, 1.807) is 5.57 Å². The molecule has 1 heterocycles.